The molecule has 0 bridgehead atoms. The fourth-order valence-electron chi connectivity index (χ4n) is 0.695. The third-order valence-electron chi connectivity index (χ3n) is 1.36. The highest BCUT2D eigenvalue weighted by molar-refractivity contribution is 5.95. The molecule has 0 aromatic heterocycles. The largest absolute Gasteiger partial charge is 0.390 e. The minimum Gasteiger partial charge on any atom is -0.390 e. The molecule has 0 unspecified atom stereocenters. The molecule has 0 atom stereocenters. The molecule has 14 heavy (non-hydrogen) atoms. The highest BCUT2D eigenvalue weighted by Gasteiger charge is 2.09. The maximum Gasteiger partial charge on any atom is 0.341 e. The fourth-order valence-corrected chi connectivity index (χ4v) is 0.695. The molecule has 0 aliphatic carbocycles. The number of esters is 2. The molecule has 0 spiro atoms. The number of hydrogen-bond donors (Lipinski definition) is 0. The summed E-state index contributed by atoms with van der Waals surface area (Å²) >= 11 is 0. The Morgan fingerprint density at radius 3 is 2.14 bits per heavy atom. The fraction of sp³-hybridized carbons (Fsp3) is 0.455. The van der Waals surface area contributed by atoms with E-state index in [9.17, 15) is 9.59 Å². The van der Waals surface area contributed by atoms with E-state index >= 15 is 0 Å². The van der Waals surface area contributed by atoms with Crippen molar-refractivity contribution in [2.24, 2.45) is 0 Å². The molecule has 0 amide bonds. The SMILES string of the molecule is C=C.C=C(CCCC)C(=O)OC(C)=O. The van der Waals surface area contributed by atoms with Crippen molar-refractivity contribution in [3.05, 3.63) is 25.3 Å². The summed E-state index contributed by atoms with van der Waals surface area (Å²) in [4.78, 5) is 21.3. The van der Waals surface area contributed by atoms with Crippen LogP contribution >= 0.6 is 0 Å². The van der Waals surface area contributed by atoms with E-state index in [0.717, 1.165) is 12.8 Å². The van der Waals surface area contributed by atoms with E-state index in [1.54, 1.807) is 0 Å². The Balaban J connectivity index is 0. The van der Waals surface area contributed by atoms with Crippen LogP contribution in [0.15, 0.2) is 25.3 Å². The smallest absolute Gasteiger partial charge is 0.341 e. The van der Waals surface area contributed by atoms with Crippen LogP contribution in [0.1, 0.15) is 33.1 Å². The lowest BCUT2D eigenvalue weighted by molar-refractivity contribution is -0.155. The molecule has 0 aliphatic rings. The van der Waals surface area contributed by atoms with Gasteiger partial charge in [-0.25, -0.2) is 4.79 Å². The first-order chi connectivity index (χ1) is 6.57. The molecule has 0 saturated heterocycles. The summed E-state index contributed by atoms with van der Waals surface area (Å²) in [6, 6.07) is 0. The van der Waals surface area contributed by atoms with Crippen LogP contribution in [0.4, 0.5) is 0 Å². The van der Waals surface area contributed by atoms with Gasteiger partial charge in [0.05, 0.1) is 0 Å². The third kappa shape index (κ3) is 8.71. The molecule has 0 aromatic rings. The average molecular weight is 198 g/mol. The summed E-state index contributed by atoms with van der Waals surface area (Å²) in [5.41, 5.74) is 0.368. The van der Waals surface area contributed by atoms with Crippen LogP contribution < -0.4 is 0 Å². The van der Waals surface area contributed by atoms with E-state index < -0.39 is 11.9 Å². The molecule has 0 saturated carbocycles. The van der Waals surface area contributed by atoms with Crippen molar-refractivity contribution < 1.29 is 14.3 Å². The third-order valence-corrected chi connectivity index (χ3v) is 1.36. The molecular weight excluding hydrogens is 180 g/mol. The minimum absolute atomic E-state index is 0.368. The Labute approximate surface area is 85.5 Å². The van der Waals surface area contributed by atoms with Gasteiger partial charge in [0.2, 0.25) is 0 Å². The van der Waals surface area contributed by atoms with Crippen molar-refractivity contribution in [1.29, 1.82) is 0 Å². The van der Waals surface area contributed by atoms with Gasteiger partial charge in [-0.1, -0.05) is 19.9 Å². The molecule has 80 valence electrons. The van der Waals surface area contributed by atoms with Gasteiger partial charge in [-0.15, -0.1) is 13.2 Å². The maximum absolute atomic E-state index is 10.9. The highest BCUT2D eigenvalue weighted by atomic mass is 16.6. The van der Waals surface area contributed by atoms with Crippen LogP contribution in [0, 0.1) is 0 Å². The Bertz CT molecular complexity index is 207. The van der Waals surface area contributed by atoms with Crippen molar-refractivity contribution in [2.45, 2.75) is 33.1 Å². The average Bonchev–Trinajstić information content (AvgIpc) is 2.16. The molecule has 3 nitrogen and oxygen atoms in total. The zero-order valence-corrected chi connectivity index (χ0v) is 8.97. The lowest BCUT2D eigenvalue weighted by Gasteiger charge is -2.01. The van der Waals surface area contributed by atoms with Crippen molar-refractivity contribution in [3.8, 4) is 0 Å². The van der Waals surface area contributed by atoms with E-state index in [2.05, 4.69) is 24.5 Å². The van der Waals surface area contributed by atoms with Gasteiger partial charge in [-0.2, -0.15) is 0 Å². The van der Waals surface area contributed by atoms with E-state index in [4.69, 9.17) is 0 Å². The molecule has 0 N–H and O–H groups in total. The summed E-state index contributed by atoms with van der Waals surface area (Å²) in [6.45, 7) is 12.7. The first-order valence-corrected chi connectivity index (χ1v) is 4.48. The number of rotatable bonds is 4. The molecule has 0 radical (unpaired) electrons. The Hall–Kier alpha value is -1.38. The number of ether oxygens (including phenoxy) is 1. The first kappa shape index (κ1) is 15.1. The number of unbranched alkanes of at least 4 members (excludes halogenated alkanes) is 1. The summed E-state index contributed by atoms with van der Waals surface area (Å²) in [6.07, 6.45) is 2.49. The van der Waals surface area contributed by atoms with Gasteiger partial charge in [-0.05, 0) is 12.8 Å². The predicted molar refractivity (Wildman–Crippen MR) is 56.7 cm³/mol. The van der Waals surface area contributed by atoms with Crippen molar-refractivity contribution in [2.75, 3.05) is 0 Å². The van der Waals surface area contributed by atoms with Crippen LogP contribution in [0.25, 0.3) is 0 Å². The van der Waals surface area contributed by atoms with Crippen molar-refractivity contribution >= 4 is 11.9 Å². The van der Waals surface area contributed by atoms with Crippen LogP contribution in [0.3, 0.4) is 0 Å². The van der Waals surface area contributed by atoms with Gasteiger partial charge in [0.1, 0.15) is 0 Å². The van der Waals surface area contributed by atoms with Gasteiger partial charge in [0, 0.05) is 12.5 Å². The minimum atomic E-state index is -0.601. The quantitative estimate of drug-likeness (QED) is 0.302. The van der Waals surface area contributed by atoms with Crippen LogP contribution in [-0.4, -0.2) is 11.9 Å². The Kier molecular flexibility index (Phi) is 10.5. The maximum atomic E-state index is 10.9. The molecule has 0 rings (SSSR count). The van der Waals surface area contributed by atoms with Crippen LogP contribution in [0.5, 0.6) is 0 Å². The monoisotopic (exact) mass is 198 g/mol. The zero-order chi connectivity index (χ0) is 11.6. The van der Waals surface area contributed by atoms with E-state index in [0.29, 0.717) is 12.0 Å². The van der Waals surface area contributed by atoms with Gasteiger partial charge in [-0.3, -0.25) is 4.79 Å². The topological polar surface area (TPSA) is 43.4 Å². The van der Waals surface area contributed by atoms with E-state index in [-0.39, 0.29) is 0 Å². The van der Waals surface area contributed by atoms with Crippen LogP contribution in [-0.2, 0) is 14.3 Å². The predicted octanol–water partition coefficient (Wildman–Crippen LogP) is 2.62. The highest BCUT2D eigenvalue weighted by Crippen LogP contribution is 2.06. The van der Waals surface area contributed by atoms with E-state index in [1.807, 2.05) is 6.92 Å². The molecule has 3 heteroatoms. The summed E-state index contributed by atoms with van der Waals surface area (Å²) in [5.74, 6) is -1.19. The zero-order valence-electron chi connectivity index (χ0n) is 8.97. The lowest BCUT2D eigenvalue weighted by Crippen LogP contribution is -2.10. The van der Waals surface area contributed by atoms with Crippen LogP contribution in [0.2, 0.25) is 0 Å². The molecule has 0 aromatic carbocycles. The van der Waals surface area contributed by atoms with E-state index in [1.165, 1.54) is 6.92 Å². The number of carbonyl (C=O) groups is 2. The number of carbonyl (C=O) groups excluding carboxylic acids is 2. The molecular formula is C11H18O3. The van der Waals surface area contributed by atoms with Crippen molar-refractivity contribution in [1.82, 2.24) is 0 Å². The first-order valence-electron chi connectivity index (χ1n) is 4.48. The van der Waals surface area contributed by atoms with Gasteiger partial charge < -0.3 is 4.74 Å². The summed E-state index contributed by atoms with van der Waals surface area (Å²) in [5, 5.41) is 0. The second kappa shape index (κ2) is 9.71. The van der Waals surface area contributed by atoms with Gasteiger partial charge >= 0.3 is 11.9 Å². The number of hydrogen-bond acceptors (Lipinski definition) is 3. The van der Waals surface area contributed by atoms with Gasteiger partial charge in [0.15, 0.2) is 0 Å². The lowest BCUT2D eigenvalue weighted by atomic mass is 10.1. The summed E-state index contributed by atoms with van der Waals surface area (Å²) < 4.78 is 4.33. The normalized spacial score (nSPS) is 8.14. The molecule has 0 heterocycles. The molecule has 0 fully saturated rings. The Morgan fingerprint density at radius 1 is 1.29 bits per heavy atom. The molecule has 0 aliphatic heterocycles. The summed E-state index contributed by atoms with van der Waals surface area (Å²) in [7, 11) is 0. The Morgan fingerprint density at radius 2 is 1.79 bits per heavy atom. The second-order valence-electron chi connectivity index (χ2n) is 2.59. The standard InChI is InChI=1S/C9H14O3.C2H4/c1-4-5-6-7(2)9(11)12-8(3)10;1-2/h2,4-6H2,1,3H3;1-2H2. The van der Waals surface area contributed by atoms with Gasteiger partial charge in [0.25, 0.3) is 0 Å². The second-order valence-corrected chi connectivity index (χ2v) is 2.59. The van der Waals surface area contributed by atoms with Crippen molar-refractivity contribution in [3.63, 3.8) is 0 Å².